The monoisotopic (exact) mass is 336 g/mol. The number of pyridine rings is 1. The highest BCUT2D eigenvalue weighted by Crippen LogP contribution is 2.32. The maximum Gasteiger partial charge on any atom is 0.342 e. The smallest absolute Gasteiger partial charge is 0.342 e. The van der Waals surface area contributed by atoms with Gasteiger partial charge in [-0.15, -0.1) is 0 Å². The Hall–Kier alpha value is -3.36. The Morgan fingerprint density at radius 3 is 2.38 bits per heavy atom. The quantitative estimate of drug-likeness (QED) is 0.648. The zero-order chi connectivity index (χ0) is 18.0. The van der Waals surface area contributed by atoms with E-state index in [9.17, 15) is 29.0 Å². The molecule has 126 valence electrons. The third kappa shape index (κ3) is 2.91. The van der Waals surface area contributed by atoms with Gasteiger partial charge in [-0.1, -0.05) is 0 Å². The molecule has 0 aliphatic rings. The van der Waals surface area contributed by atoms with Crippen molar-refractivity contribution >= 4 is 17.8 Å². The summed E-state index contributed by atoms with van der Waals surface area (Å²) >= 11 is 0. The second kappa shape index (κ2) is 6.41. The van der Waals surface area contributed by atoms with Crippen LogP contribution in [0.2, 0.25) is 0 Å². The van der Waals surface area contributed by atoms with E-state index in [-0.39, 0.29) is 17.9 Å². The number of nitrogen functional groups attached to an aromatic ring is 1. The van der Waals surface area contributed by atoms with Gasteiger partial charge < -0.3 is 25.7 Å². The average molecular weight is 336 g/mol. The molecule has 24 heavy (non-hydrogen) atoms. The fourth-order valence-corrected chi connectivity index (χ4v) is 2.27. The van der Waals surface area contributed by atoms with Crippen LogP contribution in [0.4, 0.5) is 10.2 Å². The number of anilines is 1. The van der Waals surface area contributed by atoms with Crippen LogP contribution >= 0.6 is 0 Å². The van der Waals surface area contributed by atoms with Crippen LogP contribution in [0.25, 0.3) is 11.1 Å². The van der Waals surface area contributed by atoms with Crippen molar-refractivity contribution in [2.45, 2.75) is 6.92 Å². The summed E-state index contributed by atoms with van der Waals surface area (Å²) in [5, 5.41) is 18.5. The van der Waals surface area contributed by atoms with E-state index in [4.69, 9.17) is 10.5 Å². The van der Waals surface area contributed by atoms with Crippen molar-refractivity contribution in [1.82, 2.24) is 4.98 Å². The predicted octanol–water partition coefficient (Wildman–Crippen LogP) is 1.56. The van der Waals surface area contributed by atoms with Crippen LogP contribution in [0, 0.1) is 5.82 Å². The summed E-state index contributed by atoms with van der Waals surface area (Å²) in [5.74, 6) is -4.65. The maximum atomic E-state index is 14.4. The number of nitrogens with two attached hydrogens (primary N) is 1. The third-order valence-corrected chi connectivity index (χ3v) is 3.19. The van der Waals surface area contributed by atoms with E-state index in [1.165, 1.54) is 6.07 Å². The van der Waals surface area contributed by atoms with E-state index in [0.717, 1.165) is 12.1 Å². The van der Waals surface area contributed by atoms with Crippen LogP contribution in [0.15, 0.2) is 23.0 Å². The Morgan fingerprint density at radius 2 is 1.88 bits per heavy atom. The molecule has 0 bridgehead atoms. The molecule has 2 rings (SSSR count). The van der Waals surface area contributed by atoms with Crippen LogP contribution in [-0.2, 0) is 0 Å². The summed E-state index contributed by atoms with van der Waals surface area (Å²) in [5.41, 5.74) is 1.75. The lowest BCUT2D eigenvalue weighted by atomic mass is 9.95. The number of ether oxygens (including phenoxy) is 1. The first-order valence-corrected chi connectivity index (χ1v) is 6.73. The van der Waals surface area contributed by atoms with E-state index < -0.39 is 45.8 Å². The lowest BCUT2D eigenvalue weighted by molar-refractivity contribution is 0.0695. The highest BCUT2D eigenvalue weighted by Gasteiger charge is 2.28. The minimum Gasteiger partial charge on any atom is -0.494 e. The predicted molar refractivity (Wildman–Crippen MR) is 82.0 cm³/mol. The summed E-state index contributed by atoms with van der Waals surface area (Å²) < 4.78 is 19.5. The van der Waals surface area contributed by atoms with Gasteiger partial charge in [0.25, 0.3) is 5.56 Å². The Labute approximate surface area is 134 Å². The number of hydrogen-bond acceptors (Lipinski definition) is 5. The molecule has 0 spiro atoms. The molecule has 1 heterocycles. The number of carbonyl (C=O) groups is 2. The molecule has 0 aliphatic heterocycles. The normalized spacial score (nSPS) is 10.4. The van der Waals surface area contributed by atoms with Crippen LogP contribution in [0.5, 0.6) is 5.75 Å². The SMILES string of the molecule is CCOc1ccc(-c2c(C(=O)O)c(N)[nH]c(=O)c2C(=O)O)c(F)c1. The molecule has 0 amide bonds. The van der Waals surface area contributed by atoms with Gasteiger partial charge in [-0.25, -0.2) is 14.0 Å². The second-order valence-corrected chi connectivity index (χ2v) is 4.68. The molecule has 9 heteroatoms. The molecule has 0 atom stereocenters. The van der Waals surface area contributed by atoms with Gasteiger partial charge in [0.15, 0.2) is 0 Å². The van der Waals surface area contributed by atoms with Gasteiger partial charge in [0, 0.05) is 17.2 Å². The zero-order valence-corrected chi connectivity index (χ0v) is 12.4. The van der Waals surface area contributed by atoms with Crippen LogP contribution in [0.3, 0.4) is 0 Å². The first kappa shape index (κ1) is 17.0. The molecular weight excluding hydrogens is 323 g/mol. The lowest BCUT2D eigenvalue weighted by Gasteiger charge is -2.13. The maximum absolute atomic E-state index is 14.4. The van der Waals surface area contributed by atoms with E-state index >= 15 is 0 Å². The van der Waals surface area contributed by atoms with E-state index in [1.54, 1.807) is 6.92 Å². The van der Waals surface area contributed by atoms with Gasteiger partial charge >= 0.3 is 11.9 Å². The summed E-state index contributed by atoms with van der Waals surface area (Å²) in [6, 6.07) is 3.43. The van der Waals surface area contributed by atoms with Gasteiger partial charge in [0.2, 0.25) is 0 Å². The molecule has 8 nitrogen and oxygen atoms in total. The minimum absolute atomic E-state index is 0.172. The average Bonchev–Trinajstić information content (AvgIpc) is 2.45. The van der Waals surface area contributed by atoms with Crippen LogP contribution < -0.4 is 16.0 Å². The van der Waals surface area contributed by atoms with Crippen molar-refractivity contribution in [2.75, 3.05) is 12.3 Å². The number of benzene rings is 1. The number of nitrogens with one attached hydrogen (secondary N) is 1. The van der Waals surface area contributed by atoms with Crippen molar-refractivity contribution in [2.24, 2.45) is 0 Å². The molecule has 1 aromatic heterocycles. The molecule has 0 aliphatic carbocycles. The number of aromatic nitrogens is 1. The molecule has 5 N–H and O–H groups in total. The van der Waals surface area contributed by atoms with Gasteiger partial charge in [-0.3, -0.25) is 4.79 Å². The van der Waals surface area contributed by atoms with Gasteiger partial charge in [0.05, 0.1) is 6.61 Å². The number of hydrogen-bond donors (Lipinski definition) is 4. The molecule has 0 fully saturated rings. The van der Waals surface area contributed by atoms with E-state index in [0.29, 0.717) is 0 Å². The summed E-state index contributed by atoms with van der Waals surface area (Å²) in [7, 11) is 0. The van der Waals surface area contributed by atoms with Crippen molar-refractivity contribution < 1.29 is 28.9 Å². The number of carboxylic acid groups (broad SMARTS) is 2. The first-order valence-electron chi connectivity index (χ1n) is 6.73. The Kier molecular flexibility index (Phi) is 4.54. The Balaban J connectivity index is 2.89. The first-order chi connectivity index (χ1) is 11.3. The molecule has 1 aromatic carbocycles. The minimum atomic E-state index is -1.71. The fraction of sp³-hybridized carbons (Fsp3) is 0.133. The zero-order valence-electron chi connectivity index (χ0n) is 12.4. The Bertz CT molecular complexity index is 890. The second-order valence-electron chi connectivity index (χ2n) is 4.68. The highest BCUT2D eigenvalue weighted by molar-refractivity contribution is 6.07. The van der Waals surface area contributed by atoms with Crippen molar-refractivity contribution in [3.05, 3.63) is 45.5 Å². The summed E-state index contributed by atoms with van der Waals surface area (Å²) in [6.07, 6.45) is 0. The van der Waals surface area contributed by atoms with Crippen molar-refractivity contribution in [3.63, 3.8) is 0 Å². The molecule has 0 saturated carbocycles. The number of rotatable bonds is 5. The number of aromatic amines is 1. The van der Waals surface area contributed by atoms with Gasteiger partial charge in [0.1, 0.15) is 28.5 Å². The summed E-state index contributed by atoms with van der Waals surface area (Å²) in [6.45, 7) is 1.96. The van der Waals surface area contributed by atoms with Crippen LogP contribution in [-0.4, -0.2) is 33.7 Å². The molecule has 2 aromatic rings. The van der Waals surface area contributed by atoms with Crippen molar-refractivity contribution in [1.29, 1.82) is 0 Å². The topological polar surface area (TPSA) is 143 Å². The molecule has 0 saturated heterocycles. The lowest BCUT2D eigenvalue weighted by Crippen LogP contribution is -2.24. The van der Waals surface area contributed by atoms with Crippen LogP contribution in [0.1, 0.15) is 27.6 Å². The molecule has 0 radical (unpaired) electrons. The molecule has 0 unspecified atom stereocenters. The fourth-order valence-electron chi connectivity index (χ4n) is 2.27. The number of halogens is 1. The number of H-pyrrole nitrogens is 1. The van der Waals surface area contributed by atoms with E-state index in [1.807, 2.05) is 4.98 Å². The largest absolute Gasteiger partial charge is 0.494 e. The van der Waals surface area contributed by atoms with E-state index in [2.05, 4.69) is 0 Å². The highest BCUT2D eigenvalue weighted by atomic mass is 19.1. The Morgan fingerprint density at radius 1 is 1.25 bits per heavy atom. The number of carboxylic acids is 2. The standard InChI is InChI=1S/C15H13FN2O6/c1-2-24-6-3-4-7(8(16)5-6)9-10(14(20)21)12(17)18-13(19)11(9)15(22)23/h3-5H,2H2,1H3,(H,20,21)(H,22,23)(H3,17,18,19). The number of aromatic carboxylic acids is 2. The third-order valence-electron chi connectivity index (χ3n) is 3.19. The van der Waals surface area contributed by atoms with Gasteiger partial charge in [-0.05, 0) is 19.1 Å². The van der Waals surface area contributed by atoms with Crippen molar-refractivity contribution in [3.8, 4) is 16.9 Å². The van der Waals surface area contributed by atoms with Gasteiger partial charge in [-0.2, -0.15) is 0 Å². The summed E-state index contributed by atoms with van der Waals surface area (Å²) in [4.78, 5) is 36.6. The molecular formula is C15H13FN2O6.